The standard InChI is InChI=1S/C35H28Cl2N2O3/c1-23-12-16-29(25-10-6-3-7-11-25)31(18-23)35(41)39-28-15-17-30(32(37)20-28)34(40)38-21-26-13-14-27(36)19-33(26)42-22-24-8-4-2-5-9-24/h2-20H,21-22H2,1H3,(H,38,40)(H,39,41). The molecule has 0 radical (unpaired) electrons. The summed E-state index contributed by atoms with van der Waals surface area (Å²) in [5.74, 6) is -0.0368. The van der Waals surface area contributed by atoms with E-state index in [-0.39, 0.29) is 28.9 Å². The van der Waals surface area contributed by atoms with Crippen molar-refractivity contribution in [2.45, 2.75) is 20.1 Å². The summed E-state index contributed by atoms with van der Waals surface area (Å²) >= 11 is 12.7. The second-order valence-corrected chi connectivity index (χ2v) is 10.6. The van der Waals surface area contributed by atoms with E-state index < -0.39 is 0 Å². The Kier molecular flexibility index (Phi) is 9.22. The first-order valence-electron chi connectivity index (χ1n) is 13.4. The summed E-state index contributed by atoms with van der Waals surface area (Å²) in [6, 6.07) is 35.4. The van der Waals surface area contributed by atoms with Crippen LogP contribution in [-0.4, -0.2) is 11.8 Å². The van der Waals surface area contributed by atoms with Gasteiger partial charge in [-0.25, -0.2) is 0 Å². The Hall–Kier alpha value is -4.58. The van der Waals surface area contributed by atoms with Crippen LogP contribution in [0.25, 0.3) is 11.1 Å². The van der Waals surface area contributed by atoms with E-state index in [9.17, 15) is 9.59 Å². The molecule has 0 aliphatic heterocycles. The zero-order chi connectivity index (χ0) is 29.5. The van der Waals surface area contributed by atoms with Crippen LogP contribution in [0.5, 0.6) is 5.75 Å². The van der Waals surface area contributed by atoms with Crippen molar-refractivity contribution in [1.82, 2.24) is 5.32 Å². The van der Waals surface area contributed by atoms with Crippen LogP contribution in [0.4, 0.5) is 5.69 Å². The van der Waals surface area contributed by atoms with Crippen molar-refractivity contribution in [2.75, 3.05) is 5.32 Å². The Morgan fingerprint density at radius 2 is 1.48 bits per heavy atom. The van der Waals surface area contributed by atoms with Crippen molar-refractivity contribution in [3.05, 3.63) is 153 Å². The van der Waals surface area contributed by atoms with Crippen LogP contribution in [0, 0.1) is 6.92 Å². The maximum absolute atomic E-state index is 13.3. The summed E-state index contributed by atoms with van der Waals surface area (Å²) in [4.78, 5) is 26.3. The van der Waals surface area contributed by atoms with Gasteiger partial charge in [0.1, 0.15) is 12.4 Å². The fraction of sp³-hybridized carbons (Fsp3) is 0.0857. The molecule has 7 heteroatoms. The molecule has 0 aromatic heterocycles. The number of benzene rings is 5. The average Bonchev–Trinajstić information content (AvgIpc) is 3.00. The molecule has 42 heavy (non-hydrogen) atoms. The first kappa shape index (κ1) is 28.9. The zero-order valence-corrected chi connectivity index (χ0v) is 24.4. The maximum Gasteiger partial charge on any atom is 0.256 e. The van der Waals surface area contributed by atoms with Crippen molar-refractivity contribution in [2.24, 2.45) is 0 Å². The van der Waals surface area contributed by atoms with E-state index in [1.165, 1.54) is 0 Å². The van der Waals surface area contributed by atoms with Gasteiger partial charge in [0.25, 0.3) is 11.8 Å². The molecule has 0 aliphatic rings. The normalized spacial score (nSPS) is 10.6. The minimum absolute atomic E-state index is 0.213. The van der Waals surface area contributed by atoms with Crippen molar-refractivity contribution < 1.29 is 14.3 Å². The highest BCUT2D eigenvalue weighted by molar-refractivity contribution is 6.34. The van der Waals surface area contributed by atoms with Crippen LogP contribution in [-0.2, 0) is 13.2 Å². The number of amides is 2. The fourth-order valence-electron chi connectivity index (χ4n) is 4.51. The molecular weight excluding hydrogens is 567 g/mol. The number of rotatable bonds is 9. The number of aryl methyl sites for hydroxylation is 1. The van der Waals surface area contributed by atoms with Crippen LogP contribution < -0.4 is 15.4 Å². The molecular formula is C35H28Cl2N2O3. The van der Waals surface area contributed by atoms with Gasteiger partial charge in [-0.05, 0) is 60.0 Å². The Labute approximate surface area is 255 Å². The monoisotopic (exact) mass is 594 g/mol. The summed E-state index contributed by atoms with van der Waals surface area (Å²) in [7, 11) is 0. The molecule has 2 amide bonds. The molecule has 0 aliphatic carbocycles. The molecule has 210 valence electrons. The molecule has 0 bridgehead atoms. The summed E-state index contributed by atoms with van der Waals surface area (Å²) in [6.45, 7) is 2.53. The van der Waals surface area contributed by atoms with Gasteiger partial charge in [-0.15, -0.1) is 0 Å². The summed E-state index contributed by atoms with van der Waals surface area (Å²) < 4.78 is 6.00. The minimum atomic E-state index is -0.355. The third-order valence-corrected chi connectivity index (χ3v) is 7.23. The molecule has 5 aromatic rings. The maximum atomic E-state index is 13.3. The van der Waals surface area contributed by atoms with E-state index in [1.807, 2.05) is 91.9 Å². The van der Waals surface area contributed by atoms with Crippen LogP contribution in [0.1, 0.15) is 37.4 Å². The molecule has 5 nitrogen and oxygen atoms in total. The number of ether oxygens (including phenoxy) is 1. The van der Waals surface area contributed by atoms with Crippen molar-refractivity contribution >= 4 is 40.7 Å². The predicted molar refractivity (Wildman–Crippen MR) is 169 cm³/mol. The van der Waals surface area contributed by atoms with Crippen molar-refractivity contribution in [3.63, 3.8) is 0 Å². The van der Waals surface area contributed by atoms with E-state index in [2.05, 4.69) is 10.6 Å². The van der Waals surface area contributed by atoms with E-state index in [1.54, 1.807) is 30.3 Å². The third-order valence-electron chi connectivity index (χ3n) is 6.68. The highest BCUT2D eigenvalue weighted by atomic mass is 35.5. The SMILES string of the molecule is Cc1ccc(-c2ccccc2)c(C(=O)Nc2ccc(C(=O)NCc3ccc(Cl)cc3OCc3ccccc3)c(Cl)c2)c1. The summed E-state index contributed by atoms with van der Waals surface area (Å²) in [6.07, 6.45) is 0. The third kappa shape index (κ3) is 7.19. The molecule has 0 saturated heterocycles. The number of halogens is 2. The highest BCUT2D eigenvalue weighted by Gasteiger charge is 2.16. The number of anilines is 1. The molecule has 0 unspecified atom stereocenters. The predicted octanol–water partition coefficient (Wildman–Crippen LogP) is 8.73. The van der Waals surface area contributed by atoms with Crippen LogP contribution in [0.2, 0.25) is 10.0 Å². The molecule has 0 heterocycles. The Morgan fingerprint density at radius 3 is 2.21 bits per heavy atom. The van der Waals surface area contributed by atoms with Crippen LogP contribution in [0.3, 0.4) is 0 Å². The van der Waals surface area contributed by atoms with Gasteiger partial charge in [0.05, 0.1) is 10.6 Å². The second kappa shape index (κ2) is 13.4. The summed E-state index contributed by atoms with van der Waals surface area (Å²) in [5, 5.41) is 6.57. The lowest BCUT2D eigenvalue weighted by molar-refractivity contribution is 0.0950. The lowest BCUT2D eigenvalue weighted by Gasteiger charge is -2.14. The topological polar surface area (TPSA) is 67.4 Å². The number of nitrogens with one attached hydrogen (secondary N) is 2. The van der Waals surface area contributed by atoms with Gasteiger partial charge in [0.2, 0.25) is 0 Å². The Bertz CT molecular complexity index is 1720. The number of carbonyl (C=O) groups is 2. The van der Waals surface area contributed by atoms with Crippen LogP contribution in [0.15, 0.2) is 115 Å². The highest BCUT2D eigenvalue weighted by Crippen LogP contribution is 2.28. The molecule has 0 atom stereocenters. The van der Waals surface area contributed by atoms with Crippen molar-refractivity contribution in [1.29, 1.82) is 0 Å². The average molecular weight is 596 g/mol. The zero-order valence-electron chi connectivity index (χ0n) is 22.9. The number of hydrogen-bond donors (Lipinski definition) is 2. The van der Waals surface area contributed by atoms with E-state index in [4.69, 9.17) is 27.9 Å². The lowest BCUT2D eigenvalue weighted by Crippen LogP contribution is -2.23. The van der Waals surface area contributed by atoms with Crippen molar-refractivity contribution in [3.8, 4) is 16.9 Å². The van der Waals surface area contributed by atoms with Gasteiger partial charge < -0.3 is 15.4 Å². The first-order chi connectivity index (χ1) is 20.4. The van der Waals surface area contributed by atoms with Gasteiger partial charge in [-0.2, -0.15) is 0 Å². The number of carbonyl (C=O) groups excluding carboxylic acids is 2. The molecule has 0 spiro atoms. The first-order valence-corrected chi connectivity index (χ1v) is 14.1. The van der Waals surface area contributed by atoms with E-state index in [0.29, 0.717) is 28.6 Å². The van der Waals surface area contributed by atoms with Gasteiger partial charge in [0.15, 0.2) is 0 Å². The van der Waals surface area contributed by atoms with E-state index >= 15 is 0 Å². The molecule has 0 saturated carbocycles. The van der Waals surface area contributed by atoms with Crippen LogP contribution >= 0.6 is 23.2 Å². The van der Waals surface area contributed by atoms with Gasteiger partial charge in [-0.3, -0.25) is 9.59 Å². The number of hydrogen-bond acceptors (Lipinski definition) is 3. The fourth-order valence-corrected chi connectivity index (χ4v) is 4.93. The molecule has 2 N–H and O–H groups in total. The minimum Gasteiger partial charge on any atom is -0.488 e. The Balaban J connectivity index is 1.26. The molecule has 5 rings (SSSR count). The molecule has 0 fully saturated rings. The second-order valence-electron chi connectivity index (χ2n) is 9.77. The van der Waals surface area contributed by atoms with E-state index in [0.717, 1.165) is 27.8 Å². The quantitative estimate of drug-likeness (QED) is 0.179. The smallest absolute Gasteiger partial charge is 0.256 e. The van der Waals surface area contributed by atoms with Gasteiger partial charge in [0, 0.05) is 28.4 Å². The van der Waals surface area contributed by atoms with Gasteiger partial charge in [-0.1, -0.05) is 108 Å². The Morgan fingerprint density at radius 1 is 0.738 bits per heavy atom. The summed E-state index contributed by atoms with van der Waals surface area (Å²) in [5.41, 5.74) is 5.86. The van der Waals surface area contributed by atoms with Gasteiger partial charge >= 0.3 is 0 Å². The lowest BCUT2D eigenvalue weighted by atomic mass is 9.97. The largest absolute Gasteiger partial charge is 0.488 e. The molecule has 5 aromatic carbocycles.